The highest BCUT2D eigenvalue weighted by Gasteiger charge is 2.30. The number of carboxylic acids is 1. The van der Waals surface area contributed by atoms with Crippen LogP contribution in [0.3, 0.4) is 0 Å². The zero-order chi connectivity index (χ0) is 22.8. The molecule has 0 saturated carbocycles. The second-order valence-electron chi connectivity index (χ2n) is 8.71. The Morgan fingerprint density at radius 1 is 1.22 bits per heavy atom. The average molecular weight is 437 g/mol. The van der Waals surface area contributed by atoms with Crippen molar-refractivity contribution < 1.29 is 19.1 Å². The molecule has 1 amide bonds. The Hall–Kier alpha value is -3.15. The Balaban J connectivity index is 1.53. The van der Waals surface area contributed by atoms with E-state index in [1.54, 1.807) is 6.07 Å². The van der Waals surface area contributed by atoms with E-state index in [0.29, 0.717) is 32.1 Å². The van der Waals surface area contributed by atoms with Crippen LogP contribution >= 0.6 is 0 Å². The summed E-state index contributed by atoms with van der Waals surface area (Å²) in [6.45, 7) is 3.89. The average Bonchev–Trinajstić information content (AvgIpc) is 3.07. The summed E-state index contributed by atoms with van der Waals surface area (Å²) in [6, 6.07) is 12.0. The van der Waals surface area contributed by atoms with Gasteiger partial charge < -0.3 is 15.0 Å². The van der Waals surface area contributed by atoms with Crippen LogP contribution in [-0.4, -0.2) is 27.6 Å². The van der Waals surface area contributed by atoms with Gasteiger partial charge in [-0.15, -0.1) is 0 Å². The van der Waals surface area contributed by atoms with E-state index in [-0.39, 0.29) is 17.8 Å². The first-order valence-corrected chi connectivity index (χ1v) is 11.3. The number of hydrogen-bond acceptors (Lipinski definition) is 2. The predicted octanol–water partition coefficient (Wildman–Crippen LogP) is 4.73. The molecule has 1 aromatic heterocycles. The van der Waals surface area contributed by atoms with Gasteiger partial charge in [0.25, 0.3) is 0 Å². The van der Waals surface area contributed by atoms with Gasteiger partial charge in [0.1, 0.15) is 11.9 Å². The quantitative estimate of drug-likeness (QED) is 0.562. The second-order valence-corrected chi connectivity index (χ2v) is 8.71. The van der Waals surface area contributed by atoms with Crippen LogP contribution in [0.4, 0.5) is 4.39 Å². The van der Waals surface area contributed by atoms with Gasteiger partial charge in [0, 0.05) is 29.1 Å². The van der Waals surface area contributed by atoms with Gasteiger partial charge in [-0.3, -0.25) is 4.79 Å². The second kappa shape index (κ2) is 9.15. The first-order chi connectivity index (χ1) is 15.4. The topological polar surface area (TPSA) is 71.3 Å². The predicted molar refractivity (Wildman–Crippen MR) is 122 cm³/mol. The number of aromatic nitrogens is 1. The lowest BCUT2D eigenvalue weighted by Crippen LogP contribution is -2.39. The molecule has 1 aliphatic carbocycles. The van der Waals surface area contributed by atoms with Crippen molar-refractivity contribution in [2.45, 2.75) is 64.5 Å². The minimum absolute atomic E-state index is 0.00548. The van der Waals surface area contributed by atoms with E-state index in [1.807, 2.05) is 42.7 Å². The normalized spacial score (nSPS) is 16.5. The summed E-state index contributed by atoms with van der Waals surface area (Å²) in [5.74, 6) is -1.22. The van der Waals surface area contributed by atoms with E-state index in [1.165, 1.54) is 17.7 Å². The van der Waals surface area contributed by atoms with Crippen LogP contribution in [0.5, 0.6) is 0 Å². The van der Waals surface area contributed by atoms with Crippen LogP contribution < -0.4 is 5.32 Å². The number of aliphatic carboxylic acids is 1. The van der Waals surface area contributed by atoms with E-state index >= 15 is 0 Å². The van der Waals surface area contributed by atoms with E-state index in [9.17, 15) is 19.1 Å². The molecular formula is C26H29FN2O3. The summed E-state index contributed by atoms with van der Waals surface area (Å²) in [5, 5.41) is 13.6. The number of benzene rings is 2. The Morgan fingerprint density at radius 2 is 1.97 bits per heavy atom. The monoisotopic (exact) mass is 436 g/mol. The maximum atomic E-state index is 14.1. The minimum atomic E-state index is -0.886. The SMILES string of the molecule is CCC(C(=O)O)n1c2c(c3cc(F)ccc31)C[C@H](NC(=O)CCc1ccc(C)cc1)CC2. The van der Waals surface area contributed by atoms with Crippen molar-refractivity contribution in [2.75, 3.05) is 0 Å². The summed E-state index contributed by atoms with van der Waals surface area (Å²) in [6.07, 6.45) is 3.51. The third-order valence-electron chi connectivity index (χ3n) is 6.47. The molecule has 0 saturated heterocycles. The van der Waals surface area contributed by atoms with E-state index in [4.69, 9.17) is 0 Å². The maximum Gasteiger partial charge on any atom is 0.326 e. The number of rotatable bonds is 7. The highest BCUT2D eigenvalue weighted by Crippen LogP contribution is 2.36. The fourth-order valence-electron chi connectivity index (χ4n) is 4.82. The summed E-state index contributed by atoms with van der Waals surface area (Å²) in [5.41, 5.74) is 4.98. The van der Waals surface area contributed by atoms with Crippen LogP contribution in [0.15, 0.2) is 42.5 Å². The molecule has 0 fully saturated rings. The third kappa shape index (κ3) is 4.40. The molecule has 5 nitrogen and oxygen atoms in total. The lowest BCUT2D eigenvalue weighted by atomic mass is 9.91. The zero-order valence-electron chi connectivity index (χ0n) is 18.5. The van der Waals surface area contributed by atoms with E-state index in [0.717, 1.165) is 34.1 Å². The molecule has 2 N–H and O–H groups in total. The Bertz CT molecular complexity index is 1150. The molecule has 1 aliphatic rings. The van der Waals surface area contributed by atoms with Gasteiger partial charge >= 0.3 is 5.97 Å². The van der Waals surface area contributed by atoms with Crippen LogP contribution in [0.2, 0.25) is 0 Å². The number of halogens is 1. The van der Waals surface area contributed by atoms with Gasteiger partial charge in [-0.2, -0.15) is 0 Å². The number of nitrogens with zero attached hydrogens (tertiary/aromatic N) is 1. The standard InChI is InChI=1S/C26H29FN2O3/c1-3-22(26(31)32)29-23-11-9-18(27)14-20(23)21-15-19(10-12-24(21)29)28-25(30)13-8-17-6-4-16(2)5-7-17/h4-7,9,11,14,19,22H,3,8,10,12-13,15H2,1-2H3,(H,28,30)(H,31,32)/t19-,22?/m1/s1. The number of carbonyl (C=O) groups is 2. The van der Waals surface area contributed by atoms with Crippen LogP contribution in [-0.2, 0) is 28.9 Å². The number of carbonyl (C=O) groups excluding carboxylic acids is 1. The Kier molecular flexibility index (Phi) is 6.31. The summed E-state index contributed by atoms with van der Waals surface area (Å²) in [4.78, 5) is 24.5. The van der Waals surface area contributed by atoms with Gasteiger partial charge in [-0.1, -0.05) is 36.8 Å². The first-order valence-electron chi connectivity index (χ1n) is 11.3. The van der Waals surface area contributed by atoms with Crippen molar-refractivity contribution in [2.24, 2.45) is 0 Å². The van der Waals surface area contributed by atoms with Crippen molar-refractivity contribution in [1.82, 2.24) is 9.88 Å². The molecule has 0 bridgehead atoms. The summed E-state index contributed by atoms with van der Waals surface area (Å²) in [7, 11) is 0. The van der Waals surface area contributed by atoms with Gasteiger partial charge in [0.2, 0.25) is 5.91 Å². The number of carboxylic acid groups (broad SMARTS) is 1. The lowest BCUT2D eigenvalue weighted by molar-refractivity contribution is -0.141. The number of fused-ring (bicyclic) bond motifs is 3. The molecule has 32 heavy (non-hydrogen) atoms. The smallest absolute Gasteiger partial charge is 0.326 e. The molecule has 0 aliphatic heterocycles. The molecule has 168 valence electrons. The summed E-state index contributed by atoms with van der Waals surface area (Å²) < 4.78 is 15.9. The fourth-order valence-corrected chi connectivity index (χ4v) is 4.82. The Morgan fingerprint density at radius 3 is 2.66 bits per heavy atom. The van der Waals surface area contributed by atoms with Gasteiger partial charge in [0.05, 0.1) is 0 Å². The largest absolute Gasteiger partial charge is 0.480 e. The van der Waals surface area contributed by atoms with E-state index in [2.05, 4.69) is 5.32 Å². The molecule has 2 atom stereocenters. The highest BCUT2D eigenvalue weighted by atomic mass is 19.1. The van der Waals surface area contributed by atoms with Crippen molar-refractivity contribution in [3.8, 4) is 0 Å². The van der Waals surface area contributed by atoms with Crippen molar-refractivity contribution in [3.05, 3.63) is 70.7 Å². The zero-order valence-corrected chi connectivity index (χ0v) is 18.5. The molecule has 1 heterocycles. The van der Waals surface area contributed by atoms with Gasteiger partial charge in [-0.05, 0) is 68.4 Å². The molecule has 0 radical (unpaired) electrons. The van der Waals surface area contributed by atoms with Crippen LogP contribution in [0.1, 0.15) is 54.6 Å². The molecule has 1 unspecified atom stereocenters. The molecule has 2 aromatic carbocycles. The van der Waals surface area contributed by atoms with Crippen molar-refractivity contribution in [3.63, 3.8) is 0 Å². The molecule has 6 heteroatoms. The number of amides is 1. The molecule has 0 spiro atoms. The van der Waals surface area contributed by atoms with Crippen LogP contribution in [0, 0.1) is 12.7 Å². The third-order valence-corrected chi connectivity index (χ3v) is 6.47. The fraction of sp³-hybridized carbons (Fsp3) is 0.385. The number of hydrogen-bond donors (Lipinski definition) is 2. The molecule has 4 rings (SSSR count). The first kappa shape index (κ1) is 22.1. The van der Waals surface area contributed by atoms with Gasteiger partial charge in [-0.25, -0.2) is 9.18 Å². The number of nitrogens with one attached hydrogen (secondary N) is 1. The maximum absolute atomic E-state index is 14.1. The van der Waals surface area contributed by atoms with Gasteiger partial charge in [0.15, 0.2) is 0 Å². The lowest BCUT2D eigenvalue weighted by Gasteiger charge is -2.26. The van der Waals surface area contributed by atoms with Crippen LogP contribution in [0.25, 0.3) is 10.9 Å². The highest BCUT2D eigenvalue weighted by molar-refractivity contribution is 5.88. The summed E-state index contributed by atoms with van der Waals surface area (Å²) >= 11 is 0. The molecule has 3 aromatic rings. The van der Waals surface area contributed by atoms with Crippen molar-refractivity contribution >= 4 is 22.8 Å². The molecular weight excluding hydrogens is 407 g/mol. The number of aryl methyl sites for hydroxylation is 2. The van der Waals surface area contributed by atoms with Crippen molar-refractivity contribution in [1.29, 1.82) is 0 Å². The minimum Gasteiger partial charge on any atom is -0.480 e. The van der Waals surface area contributed by atoms with E-state index < -0.39 is 12.0 Å². The Labute approximate surface area is 187 Å².